The predicted octanol–water partition coefficient (Wildman–Crippen LogP) is 3.84. The van der Waals surface area contributed by atoms with E-state index in [2.05, 4.69) is 38.6 Å². The van der Waals surface area contributed by atoms with E-state index in [1.807, 2.05) is 0 Å². The molecule has 0 bridgehead atoms. The van der Waals surface area contributed by atoms with E-state index < -0.39 is 24.2 Å². The average molecular weight is 449 g/mol. The Hall–Kier alpha value is -2.76. The van der Waals surface area contributed by atoms with Crippen molar-refractivity contribution in [3.63, 3.8) is 0 Å². The first-order valence-electron chi connectivity index (χ1n) is 9.28. The zero-order valence-corrected chi connectivity index (χ0v) is 16.8. The molecule has 12 heteroatoms. The molecule has 0 N–H and O–H groups in total. The molecule has 2 aromatic rings. The first-order valence-corrected chi connectivity index (χ1v) is 9.28. The lowest BCUT2D eigenvalue weighted by atomic mass is 10.2. The number of carbonyl (C=O) groups is 1. The van der Waals surface area contributed by atoms with E-state index >= 15 is 0 Å². The van der Waals surface area contributed by atoms with Gasteiger partial charge in [0.15, 0.2) is 0 Å². The summed E-state index contributed by atoms with van der Waals surface area (Å²) in [6, 6.07) is 2.85. The average Bonchev–Trinajstić information content (AvgIpc) is 2.73. The Balaban J connectivity index is 0.000000501. The number of pyridine rings is 1. The number of halogens is 6. The minimum atomic E-state index is -4.64. The Kier molecular flexibility index (Phi) is 7.93. The van der Waals surface area contributed by atoms with Crippen LogP contribution >= 0.6 is 0 Å². The van der Waals surface area contributed by atoms with Crippen LogP contribution in [0.15, 0.2) is 30.7 Å². The second kappa shape index (κ2) is 10.0. The highest BCUT2D eigenvalue weighted by Gasteiger charge is 2.30. The molecule has 0 saturated carbocycles. The van der Waals surface area contributed by atoms with Crippen LogP contribution in [0.3, 0.4) is 0 Å². The molecule has 2 aromatic heterocycles. The molecule has 0 radical (unpaired) electrons. The number of nitrogens with zero attached hydrogens (tertiary/aromatic N) is 5. The fourth-order valence-electron chi connectivity index (χ4n) is 2.80. The largest absolute Gasteiger partial charge is 0.446 e. The van der Waals surface area contributed by atoms with E-state index in [9.17, 15) is 26.3 Å². The van der Waals surface area contributed by atoms with Crippen molar-refractivity contribution in [2.45, 2.75) is 32.2 Å². The van der Waals surface area contributed by atoms with E-state index in [1.165, 1.54) is 6.07 Å². The fourth-order valence-corrected chi connectivity index (χ4v) is 2.80. The summed E-state index contributed by atoms with van der Waals surface area (Å²) >= 11 is 0. The van der Waals surface area contributed by atoms with E-state index in [-0.39, 0.29) is 0 Å². The van der Waals surface area contributed by atoms with Gasteiger partial charge in [-0.25, -0.2) is 9.97 Å². The number of aldehydes is 1. The molecular formula is C19H21F6N5O. The van der Waals surface area contributed by atoms with Gasteiger partial charge in [0.1, 0.15) is 11.5 Å². The van der Waals surface area contributed by atoms with Crippen molar-refractivity contribution in [2.24, 2.45) is 0 Å². The van der Waals surface area contributed by atoms with E-state index in [0.29, 0.717) is 17.4 Å². The zero-order valence-electron chi connectivity index (χ0n) is 16.8. The topological polar surface area (TPSA) is 62.2 Å². The summed E-state index contributed by atoms with van der Waals surface area (Å²) in [5.41, 5.74) is 0.0545. The number of hydrogen-bond donors (Lipinski definition) is 0. The minimum absolute atomic E-state index is 0.372. The second-order valence-corrected chi connectivity index (χ2v) is 6.97. The number of hydrogen-bond acceptors (Lipinski definition) is 6. The van der Waals surface area contributed by atoms with Crippen molar-refractivity contribution < 1.29 is 31.1 Å². The summed E-state index contributed by atoms with van der Waals surface area (Å²) in [7, 11) is 0. The van der Waals surface area contributed by atoms with Crippen molar-refractivity contribution in [3.8, 4) is 11.4 Å². The molecule has 1 fully saturated rings. The van der Waals surface area contributed by atoms with Crippen LogP contribution in [0, 0.1) is 0 Å². The molecule has 0 aliphatic carbocycles. The van der Waals surface area contributed by atoms with Crippen LogP contribution in [0.2, 0.25) is 0 Å². The smallest absolute Gasteiger partial charge is 0.353 e. The van der Waals surface area contributed by atoms with Crippen molar-refractivity contribution >= 4 is 12.1 Å². The first kappa shape index (κ1) is 24.5. The molecule has 0 spiro atoms. The van der Waals surface area contributed by atoms with Gasteiger partial charge in [0.2, 0.25) is 6.29 Å². The first-order chi connectivity index (χ1) is 14.4. The van der Waals surface area contributed by atoms with E-state index in [1.54, 1.807) is 12.4 Å². The molecule has 3 heterocycles. The Bertz CT molecular complexity index is 829. The second-order valence-electron chi connectivity index (χ2n) is 6.97. The predicted molar refractivity (Wildman–Crippen MR) is 101 cm³/mol. The highest BCUT2D eigenvalue weighted by atomic mass is 19.4. The van der Waals surface area contributed by atoms with Gasteiger partial charge in [0.25, 0.3) is 0 Å². The van der Waals surface area contributed by atoms with Crippen LogP contribution in [0.25, 0.3) is 11.4 Å². The molecule has 170 valence electrons. The van der Waals surface area contributed by atoms with Gasteiger partial charge in [-0.1, -0.05) is 0 Å². The highest BCUT2D eigenvalue weighted by molar-refractivity contribution is 5.56. The molecular weight excluding hydrogens is 428 g/mol. The molecule has 3 rings (SSSR count). The van der Waals surface area contributed by atoms with Gasteiger partial charge in [-0.3, -0.25) is 14.7 Å². The Morgan fingerprint density at radius 3 is 1.84 bits per heavy atom. The van der Waals surface area contributed by atoms with Gasteiger partial charge < -0.3 is 4.90 Å². The number of piperazine rings is 1. The van der Waals surface area contributed by atoms with Crippen LogP contribution < -0.4 is 4.90 Å². The van der Waals surface area contributed by atoms with Gasteiger partial charge in [-0.2, -0.15) is 26.3 Å². The van der Waals surface area contributed by atoms with Gasteiger partial charge in [-0.05, 0) is 26.0 Å². The molecule has 0 amide bonds. The lowest BCUT2D eigenvalue weighted by Crippen LogP contribution is -2.49. The lowest BCUT2D eigenvalue weighted by Gasteiger charge is -2.37. The van der Waals surface area contributed by atoms with Crippen molar-refractivity contribution in [1.82, 2.24) is 19.9 Å². The Morgan fingerprint density at radius 1 is 0.871 bits per heavy atom. The van der Waals surface area contributed by atoms with Crippen LogP contribution in [-0.4, -0.2) is 64.5 Å². The standard InChI is InChI=1S/C17H20F3N5.C2HF3O/c1-12(2)24-5-7-25(8-6-24)16-11-22-15(10-23-16)14-4-3-13(9-21-14)17(18,19)20;3-2(4,5)1-6/h3-4,9-12H,5-8H2,1-2H3;1H. The summed E-state index contributed by atoms with van der Waals surface area (Å²) in [6.07, 6.45) is -6.07. The van der Waals surface area contributed by atoms with Crippen LogP contribution in [0.1, 0.15) is 19.4 Å². The van der Waals surface area contributed by atoms with Crippen LogP contribution in [0.4, 0.5) is 32.2 Å². The lowest BCUT2D eigenvalue weighted by molar-refractivity contribution is -0.156. The summed E-state index contributed by atoms with van der Waals surface area (Å²) in [6.45, 7) is 8.07. The third-order valence-electron chi connectivity index (χ3n) is 4.49. The Morgan fingerprint density at radius 2 is 1.45 bits per heavy atom. The van der Waals surface area contributed by atoms with Gasteiger partial charge in [0.05, 0.1) is 23.7 Å². The molecule has 1 aliphatic rings. The third-order valence-corrected chi connectivity index (χ3v) is 4.49. The van der Waals surface area contributed by atoms with E-state index in [4.69, 9.17) is 4.79 Å². The quantitative estimate of drug-likeness (QED) is 0.524. The maximum Gasteiger partial charge on any atom is 0.446 e. The zero-order chi connectivity index (χ0) is 23.2. The third kappa shape index (κ3) is 7.46. The van der Waals surface area contributed by atoms with Crippen LogP contribution in [0.5, 0.6) is 0 Å². The number of anilines is 1. The summed E-state index contributed by atoms with van der Waals surface area (Å²) in [5.74, 6) is 0.777. The normalized spacial score (nSPS) is 15.5. The van der Waals surface area contributed by atoms with Gasteiger partial charge >= 0.3 is 12.4 Å². The summed E-state index contributed by atoms with van der Waals surface area (Å²) in [5, 5.41) is 0. The van der Waals surface area contributed by atoms with Crippen molar-refractivity contribution in [2.75, 3.05) is 31.1 Å². The summed E-state index contributed by atoms with van der Waals surface area (Å²) in [4.78, 5) is 25.8. The molecule has 6 nitrogen and oxygen atoms in total. The molecule has 0 aromatic carbocycles. The SMILES string of the molecule is CC(C)N1CCN(c2cnc(-c3ccc(C(F)(F)F)cn3)cn2)CC1.O=CC(F)(F)F. The maximum atomic E-state index is 12.6. The van der Waals surface area contributed by atoms with E-state index in [0.717, 1.165) is 44.3 Å². The van der Waals surface area contributed by atoms with Crippen molar-refractivity contribution in [3.05, 3.63) is 36.3 Å². The van der Waals surface area contributed by atoms with Gasteiger partial charge in [0, 0.05) is 38.4 Å². The minimum Gasteiger partial charge on any atom is -0.353 e. The number of alkyl halides is 6. The Labute approximate surface area is 174 Å². The van der Waals surface area contributed by atoms with Crippen molar-refractivity contribution in [1.29, 1.82) is 0 Å². The monoisotopic (exact) mass is 449 g/mol. The summed E-state index contributed by atoms with van der Waals surface area (Å²) < 4.78 is 69.0. The maximum absolute atomic E-state index is 12.6. The highest BCUT2D eigenvalue weighted by Crippen LogP contribution is 2.29. The molecule has 31 heavy (non-hydrogen) atoms. The molecule has 0 unspecified atom stereocenters. The molecule has 1 aliphatic heterocycles. The molecule has 0 atom stereocenters. The molecule has 1 saturated heterocycles. The number of rotatable bonds is 3. The van der Waals surface area contributed by atoms with Gasteiger partial charge in [-0.15, -0.1) is 0 Å². The van der Waals surface area contributed by atoms with Crippen LogP contribution in [-0.2, 0) is 11.0 Å². The fraction of sp³-hybridized carbons (Fsp3) is 0.474. The number of carbonyl (C=O) groups excluding carboxylic acids is 1. The number of aromatic nitrogens is 3.